The molecule has 3 aromatic rings. The van der Waals surface area contributed by atoms with Crippen molar-refractivity contribution in [3.8, 4) is 0 Å². The lowest BCUT2D eigenvalue weighted by atomic mass is 9.96. The van der Waals surface area contributed by atoms with Crippen molar-refractivity contribution in [1.82, 2.24) is 19.8 Å². The van der Waals surface area contributed by atoms with Gasteiger partial charge in [-0.25, -0.2) is 0 Å². The summed E-state index contributed by atoms with van der Waals surface area (Å²) in [5.74, 6) is 1.78. The molecule has 4 heterocycles. The van der Waals surface area contributed by atoms with Crippen LogP contribution < -0.4 is 10.2 Å². The van der Waals surface area contributed by atoms with Gasteiger partial charge in [-0.05, 0) is 42.5 Å². The Morgan fingerprint density at radius 3 is 2.60 bits per heavy atom. The second-order valence-electron chi connectivity index (χ2n) is 7.62. The molecule has 132 valence electrons. The van der Waals surface area contributed by atoms with E-state index in [1.165, 1.54) is 5.00 Å². The van der Waals surface area contributed by atoms with Crippen LogP contribution in [0.25, 0.3) is 5.65 Å². The third kappa shape index (κ3) is 3.33. The Bertz CT molecular complexity index is 840. The third-order valence-electron chi connectivity index (χ3n) is 4.60. The topological polar surface area (TPSA) is 58.4 Å². The van der Waals surface area contributed by atoms with Crippen molar-refractivity contribution in [2.24, 2.45) is 0 Å². The van der Waals surface area contributed by atoms with Crippen molar-refractivity contribution in [2.45, 2.75) is 45.1 Å². The minimum atomic E-state index is -0.0862. The summed E-state index contributed by atoms with van der Waals surface area (Å²) in [6.07, 6.45) is 2.23. The number of nitrogens with one attached hydrogen (secondary N) is 1. The van der Waals surface area contributed by atoms with Gasteiger partial charge in [-0.15, -0.1) is 26.6 Å². The Morgan fingerprint density at radius 2 is 1.92 bits per heavy atom. The first-order valence-electron chi connectivity index (χ1n) is 8.79. The number of hydrogen-bond donors (Lipinski definition) is 1. The number of nitrogens with zero attached hydrogens (tertiary/aromatic N) is 5. The highest BCUT2D eigenvalue weighted by molar-refractivity contribution is 7.14. The molecule has 0 radical (unpaired) electrons. The smallest absolute Gasteiger partial charge is 0.178 e. The van der Waals surface area contributed by atoms with Crippen LogP contribution in [0.4, 0.5) is 10.8 Å². The Morgan fingerprint density at radius 1 is 1.12 bits per heavy atom. The Kier molecular flexibility index (Phi) is 4.11. The molecule has 7 heteroatoms. The van der Waals surface area contributed by atoms with Gasteiger partial charge in [-0.1, -0.05) is 20.8 Å². The fourth-order valence-corrected chi connectivity index (χ4v) is 4.02. The van der Waals surface area contributed by atoms with Crippen LogP contribution in [0.1, 0.15) is 39.4 Å². The van der Waals surface area contributed by atoms with Crippen LogP contribution in [0, 0.1) is 0 Å². The number of piperidine rings is 1. The highest BCUT2D eigenvalue weighted by Crippen LogP contribution is 2.26. The molecular weight excluding hydrogens is 332 g/mol. The molecule has 1 fully saturated rings. The summed E-state index contributed by atoms with van der Waals surface area (Å²) >= 11 is 1.82. The monoisotopic (exact) mass is 356 g/mol. The molecule has 1 N–H and O–H groups in total. The summed E-state index contributed by atoms with van der Waals surface area (Å²) in [7, 11) is 0. The van der Waals surface area contributed by atoms with Gasteiger partial charge in [0.1, 0.15) is 5.82 Å². The Hall–Kier alpha value is -2.15. The van der Waals surface area contributed by atoms with Gasteiger partial charge < -0.3 is 10.2 Å². The van der Waals surface area contributed by atoms with Gasteiger partial charge in [-0.3, -0.25) is 0 Å². The van der Waals surface area contributed by atoms with Crippen molar-refractivity contribution >= 4 is 27.8 Å². The summed E-state index contributed by atoms with van der Waals surface area (Å²) in [5.41, 5.74) is 0.708. The van der Waals surface area contributed by atoms with E-state index in [1.54, 1.807) is 0 Å². The fourth-order valence-electron chi connectivity index (χ4n) is 3.24. The molecule has 1 saturated heterocycles. The zero-order valence-electron chi connectivity index (χ0n) is 14.9. The summed E-state index contributed by atoms with van der Waals surface area (Å²) < 4.78 is 1.86. The Labute approximate surface area is 151 Å². The summed E-state index contributed by atoms with van der Waals surface area (Å²) in [6.45, 7) is 8.56. The highest BCUT2D eigenvalue weighted by Gasteiger charge is 2.23. The van der Waals surface area contributed by atoms with Gasteiger partial charge in [0, 0.05) is 24.5 Å². The molecular formula is C18H24N6S. The van der Waals surface area contributed by atoms with Gasteiger partial charge in [-0.2, -0.15) is 4.52 Å². The second-order valence-corrected chi connectivity index (χ2v) is 8.55. The van der Waals surface area contributed by atoms with E-state index in [2.05, 4.69) is 58.7 Å². The number of rotatable bonds is 3. The standard InChI is InChI=1S/C18H24N6S/c1-18(2,3)17-21-20-15-7-6-14(22-24(15)17)19-13-8-10-23(11-9-13)16-5-4-12-25-16/h4-7,12-13H,8-11H2,1-3H3,(H,19,22). The molecule has 1 aliphatic rings. The molecule has 6 nitrogen and oxygen atoms in total. The van der Waals surface area contributed by atoms with Crippen molar-refractivity contribution in [1.29, 1.82) is 0 Å². The lowest BCUT2D eigenvalue weighted by Gasteiger charge is -2.33. The zero-order valence-corrected chi connectivity index (χ0v) is 15.8. The molecule has 25 heavy (non-hydrogen) atoms. The molecule has 0 bridgehead atoms. The largest absolute Gasteiger partial charge is 0.366 e. The SMILES string of the molecule is CC(C)(C)c1nnc2ccc(NC3CCN(c4cccs4)CC3)nn12. The van der Waals surface area contributed by atoms with Crippen LogP contribution >= 0.6 is 11.3 Å². The quantitative estimate of drug-likeness (QED) is 0.777. The van der Waals surface area contributed by atoms with E-state index < -0.39 is 0 Å². The number of aromatic nitrogens is 4. The average Bonchev–Trinajstić information content (AvgIpc) is 3.24. The summed E-state index contributed by atoms with van der Waals surface area (Å²) in [5, 5.41) is 20.4. The maximum Gasteiger partial charge on any atom is 0.178 e. The first-order chi connectivity index (χ1) is 12.0. The molecule has 0 spiro atoms. The first-order valence-corrected chi connectivity index (χ1v) is 9.66. The Balaban J connectivity index is 1.46. The highest BCUT2D eigenvalue weighted by atomic mass is 32.1. The van der Waals surface area contributed by atoms with Gasteiger partial charge in [0.25, 0.3) is 0 Å². The van der Waals surface area contributed by atoms with E-state index in [1.807, 2.05) is 28.0 Å². The molecule has 4 rings (SSSR count). The minimum Gasteiger partial charge on any atom is -0.366 e. The number of anilines is 2. The number of hydrogen-bond acceptors (Lipinski definition) is 6. The van der Waals surface area contributed by atoms with Gasteiger partial charge >= 0.3 is 0 Å². The van der Waals surface area contributed by atoms with Crippen LogP contribution in [-0.2, 0) is 5.41 Å². The van der Waals surface area contributed by atoms with Crippen molar-refractivity contribution in [3.05, 3.63) is 35.5 Å². The molecule has 0 aliphatic carbocycles. The number of thiophene rings is 1. The van der Waals surface area contributed by atoms with Crippen LogP contribution in [-0.4, -0.2) is 38.9 Å². The molecule has 0 unspecified atom stereocenters. The maximum atomic E-state index is 4.73. The molecule has 0 aromatic carbocycles. The van der Waals surface area contributed by atoms with Gasteiger partial charge in [0.2, 0.25) is 0 Å². The van der Waals surface area contributed by atoms with E-state index in [4.69, 9.17) is 5.10 Å². The molecule has 0 atom stereocenters. The molecule has 0 amide bonds. The zero-order chi connectivity index (χ0) is 17.4. The van der Waals surface area contributed by atoms with Gasteiger partial charge in [0.05, 0.1) is 5.00 Å². The lowest BCUT2D eigenvalue weighted by molar-refractivity contribution is 0.519. The minimum absolute atomic E-state index is 0.0862. The van der Waals surface area contributed by atoms with E-state index >= 15 is 0 Å². The third-order valence-corrected chi connectivity index (χ3v) is 5.53. The van der Waals surface area contributed by atoms with Crippen molar-refractivity contribution in [2.75, 3.05) is 23.3 Å². The molecule has 1 aliphatic heterocycles. The number of fused-ring (bicyclic) bond motifs is 1. The summed E-state index contributed by atoms with van der Waals surface area (Å²) in [6, 6.07) is 8.76. The van der Waals surface area contributed by atoms with Crippen molar-refractivity contribution in [3.63, 3.8) is 0 Å². The van der Waals surface area contributed by atoms with E-state index in [0.29, 0.717) is 6.04 Å². The van der Waals surface area contributed by atoms with Crippen molar-refractivity contribution < 1.29 is 0 Å². The average molecular weight is 356 g/mol. The van der Waals surface area contributed by atoms with Crippen LogP contribution in [0.3, 0.4) is 0 Å². The molecule has 0 saturated carbocycles. The summed E-state index contributed by atoms with van der Waals surface area (Å²) in [4.78, 5) is 2.47. The first kappa shape index (κ1) is 16.3. The predicted octanol–water partition coefficient (Wildman–Crippen LogP) is 3.56. The predicted molar refractivity (Wildman–Crippen MR) is 103 cm³/mol. The normalized spacial score (nSPS) is 16.5. The second kappa shape index (κ2) is 6.29. The van der Waals surface area contributed by atoms with Crippen LogP contribution in [0.5, 0.6) is 0 Å². The van der Waals surface area contributed by atoms with E-state index in [9.17, 15) is 0 Å². The van der Waals surface area contributed by atoms with E-state index in [-0.39, 0.29) is 5.41 Å². The van der Waals surface area contributed by atoms with Crippen LogP contribution in [0.15, 0.2) is 29.6 Å². The van der Waals surface area contributed by atoms with Gasteiger partial charge in [0.15, 0.2) is 11.5 Å². The van der Waals surface area contributed by atoms with E-state index in [0.717, 1.165) is 43.2 Å². The van der Waals surface area contributed by atoms with Crippen LogP contribution in [0.2, 0.25) is 0 Å². The maximum absolute atomic E-state index is 4.73. The fraction of sp³-hybridized carbons (Fsp3) is 0.500. The lowest BCUT2D eigenvalue weighted by Crippen LogP contribution is -2.39. The molecule has 3 aromatic heterocycles.